The number of ether oxygens (including phenoxy) is 1. The van der Waals surface area contributed by atoms with Crippen LogP contribution in [0.2, 0.25) is 0 Å². The summed E-state index contributed by atoms with van der Waals surface area (Å²) < 4.78 is 10.3. The van der Waals surface area contributed by atoms with E-state index in [1.54, 1.807) is 6.26 Å². The van der Waals surface area contributed by atoms with Crippen LogP contribution in [0.3, 0.4) is 0 Å². The molecule has 5 nitrogen and oxygen atoms in total. The summed E-state index contributed by atoms with van der Waals surface area (Å²) in [5.41, 5.74) is 0.860. The first-order valence-corrected chi connectivity index (χ1v) is 5.72. The first-order valence-electron chi connectivity index (χ1n) is 5.72. The molecule has 0 N–H and O–H groups in total. The van der Waals surface area contributed by atoms with Crippen LogP contribution < -0.4 is 0 Å². The van der Waals surface area contributed by atoms with Crippen molar-refractivity contribution in [2.24, 2.45) is 0 Å². The Balaban J connectivity index is 1.55. The van der Waals surface area contributed by atoms with Gasteiger partial charge in [0.25, 0.3) is 0 Å². The second kappa shape index (κ2) is 5.98. The van der Waals surface area contributed by atoms with Gasteiger partial charge >= 0.3 is 0 Å². The molecule has 2 heterocycles. The normalized spacial score (nSPS) is 19.1. The molecule has 0 aromatic carbocycles. The Labute approximate surface area is 95.9 Å². The Morgan fingerprint density at radius 2 is 2.19 bits per heavy atom. The predicted octanol–water partition coefficient (Wildman–Crippen LogP) is 0.439. The number of hydrogen-bond acceptors (Lipinski definition) is 5. The van der Waals surface area contributed by atoms with Crippen LogP contribution >= 0.6 is 0 Å². The maximum Gasteiger partial charge on any atom is 0.124 e. The topological polar surface area (TPSA) is 41.7 Å². The standard InChI is InChI=1S/C11H19N3O2/c1-13-3-5-14(6-4-13)7-9-15-10-11-2-8-16-12-11/h2,8H,3-7,9-10H2,1H3. The summed E-state index contributed by atoms with van der Waals surface area (Å²) in [6.07, 6.45) is 1.57. The van der Waals surface area contributed by atoms with Gasteiger partial charge in [-0.3, -0.25) is 4.90 Å². The third-order valence-electron chi connectivity index (χ3n) is 2.89. The van der Waals surface area contributed by atoms with E-state index < -0.39 is 0 Å². The van der Waals surface area contributed by atoms with Crippen LogP contribution in [-0.4, -0.2) is 61.3 Å². The molecule has 0 saturated carbocycles. The van der Waals surface area contributed by atoms with Crippen LogP contribution in [-0.2, 0) is 11.3 Å². The average Bonchev–Trinajstić information content (AvgIpc) is 2.80. The Bertz CT molecular complexity index is 281. The van der Waals surface area contributed by atoms with Crippen LogP contribution in [0.4, 0.5) is 0 Å². The first kappa shape index (κ1) is 11.6. The molecule has 90 valence electrons. The quantitative estimate of drug-likeness (QED) is 0.680. The average molecular weight is 225 g/mol. The second-order valence-electron chi connectivity index (χ2n) is 4.19. The van der Waals surface area contributed by atoms with Crippen LogP contribution in [0.5, 0.6) is 0 Å². The summed E-state index contributed by atoms with van der Waals surface area (Å²) in [6.45, 7) is 6.91. The monoisotopic (exact) mass is 225 g/mol. The Kier molecular flexibility index (Phi) is 4.33. The van der Waals surface area contributed by atoms with Crippen molar-refractivity contribution in [2.45, 2.75) is 6.61 Å². The molecule has 0 amide bonds. The summed E-state index contributed by atoms with van der Waals surface area (Å²) in [7, 11) is 2.17. The number of rotatable bonds is 5. The highest BCUT2D eigenvalue weighted by molar-refractivity contribution is 4.92. The molecule has 0 atom stereocenters. The molecule has 16 heavy (non-hydrogen) atoms. The smallest absolute Gasteiger partial charge is 0.124 e. The van der Waals surface area contributed by atoms with Crippen molar-refractivity contribution in [3.8, 4) is 0 Å². The maximum absolute atomic E-state index is 5.53. The lowest BCUT2D eigenvalue weighted by molar-refractivity contribution is 0.0713. The van der Waals surface area contributed by atoms with Crippen molar-refractivity contribution < 1.29 is 9.26 Å². The van der Waals surface area contributed by atoms with E-state index in [0.717, 1.165) is 45.0 Å². The van der Waals surface area contributed by atoms with Crippen LogP contribution in [0.1, 0.15) is 5.69 Å². The number of aromatic nitrogens is 1. The number of nitrogens with zero attached hydrogens (tertiary/aromatic N) is 3. The predicted molar refractivity (Wildman–Crippen MR) is 60.1 cm³/mol. The lowest BCUT2D eigenvalue weighted by atomic mass is 10.3. The van der Waals surface area contributed by atoms with Crippen molar-refractivity contribution in [3.05, 3.63) is 18.0 Å². The van der Waals surface area contributed by atoms with Crippen LogP contribution in [0, 0.1) is 0 Å². The molecule has 1 fully saturated rings. The van der Waals surface area contributed by atoms with E-state index in [-0.39, 0.29) is 0 Å². The molecule has 0 spiro atoms. The van der Waals surface area contributed by atoms with E-state index in [0.29, 0.717) is 6.61 Å². The lowest BCUT2D eigenvalue weighted by Gasteiger charge is -2.32. The third kappa shape index (κ3) is 3.59. The number of hydrogen-bond donors (Lipinski definition) is 0. The largest absolute Gasteiger partial charge is 0.374 e. The van der Waals surface area contributed by atoms with Gasteiger partial charge in [0, 0.05) is 38.8 Å². The maximum atomic E-state index is 5.53. The summed E-state index contributed by atoms with van der Waals surface area (Å²) >= 11 is 0. The zero-order chi connectivity index (χ0) is 11.2. The molecular weight excluding hydrogens is 206 g/mol. The molecule has 1 aliphatic heterocycles. The van der Waals surface area contributed by atoms with Crippen molar-refractivity contribution >= 4 is 0 Å². The highest BCUT2D eigenvalue weighted by Crippen LogP contribution is 2.00. The van der Waals surface area contributed by atoms with E-state index in [4.69, 9.17) is 9.26 Å². The molecule has 2 rings (SSSR count). The van der Waals surface area contributed by atoms with E-state index in [9.17, 15) is 0 Å². The van der Waals surface area contributed by atoms with Gasteiger partial charge in [-0.05, 0) is 7.05 Å². The minimum Gasteiger partial charge on any atom is -0.374 e. The SMILES string of the molecule is CN1CCN(CCOCc2ccon2)CC1. The Morgan fingerprint density at radius 1 is 1.38 bits per heavy atom. The van der Waals surface area contributed by atoms with Crippen molar-refractivity contribution in [2.75, 3.05) is 46.4 Å². The molecule has 1 aromatic heterocycles. The zero-order valence-electron chi connectivity index (χ0n) is 9.76. The van der Waals surface area contributed by atoms with Gasteiger partial charge in [0.1, 0.15) is 12.0 Å². The highest BCUT2D eigenvalue weighted by Gasteiger charge is 2.12. The van der Waals surface area contributed by atoms with E-state index in [1.165, 1.54) is 0 Å². The van der Waals surface area contributed by atoms with Crippen LogP contribution in [0.25, 0.3) is 0 Å². The number of likely N-dealkylation sites (N-methyl/N-ethyl adjacent to an activating group) is 1. The molecule has 1 aliphatic rings. The Morgan fingerprint density at radius 3 is 2.88 bits per heavy atom. The molecule has 1 aromatic rings. The van der Waals surface area contributed by atoms with Crippen LogP contribution in [0.15, 0.2) is 16.9 Å². The molecule has 0 radical (unpaired) electrons. The summed E-state index contributed by atoms with van der Waals surface area (Å²) in [5.74, 6) is 0. The van der Waals surface area contributed by atoms with E-state index in [2.05, 4.69) is 22.0 Å². The fourth-order valence-corrected chi connectivity index (χ4v) is 1.75. The molecule has 0 aliphatic carbocycles. The molecule has 0 bridgehead atoms. The van der Waals surface area contributed by atoms with Gasteiger partial charge in [-0.25, -0.2) is 0 Å². The molecule has 1 saturated heterocycles. The van der Waals surface area contributed by atoms with Gasteiger partial charge in [-0.2, -0.15) is 0 Å². The second-order valence-corrected chi connectivity index (χ2v) is 4.19. The minimum atomic E-state index is 0.546. The van der Waals surface area contributed by atoms with Gasteiger partial charge in [-0.15, -0.1) is 0 Å². The lowest BCUT2D eigenvalue weighted by Crippen LogP contribution is -2.45. The van der Waals surface area contributed by atoms with Crippen molar-refractivity contribution in [1.29, 1.82) is 0 Å². The minimum absolute atomic E-state index is 0.546. The van der Waals surface area contributed by atoms with Gasteiger partial charge in [0.15, 0.2) is 0 Å². The van der Waals surface area contributed by atoms with Crippen molar-refractivity contribution in [3.63, 3.8) is 0 Å². The summed E-state index contributed by atoms with van der Waals surface area (Å²) in [4.78, 5) is 4.79. The summed E-state index contributed by atoms with van der Waals surface area (Å²) in [6, 6.07) is 1.83. The number of piperazine rings is 1. The third-order valence-corrected chi connectivity index (χ3v) is 2.89. The molecular formula is C11H19N3O2. The van der Waals surface area contributed by atoms with Gasteiger partial charge in [-0.1, -0.05) is 5.16 Å². The van der Waals surface area contributed by atoms with E-state index in [1.807, 2.05) is 6.07 Å². The first-order chi connectivity index (χ1) is 7.84. The molecule has 0 unspecified atom stereocenters. The van der Waals surface area contributed by atoms with Gasteiger partial charge in [0.05, 0.1) is 13.2 Å². The summed E-state index contributed by atoms with van der Waals surface area (Å²) in [5, 5.41) is 3.79. The Hall–Kier alpha value is -0.910. The van der Waals surface area contributed by atoms with Crippen molar-refractivity contribution in [1.82, 2.24) is 15.0 Å². The van der Waals surface area contributed by atoms with Gasteiger partial charge in [0.2, 0.25) is 0 Å². The zero-order valence-corrected chi connectivity index (χ0v) is 9.76. The van der Waals surface area contributed by atoms with E-state index >= 15 is 0 Å². The fraction of sp³-hybridized carbons (Fsp3) is 0.727. The van der Waals surface area contributed by atoms with Gasteiger partial charge < -0.3 is 14.2 Å². The fourth-order valence-electron chi connectivity index (χ4n) is 1.75. The molecule has 5 heteroatoms. The highest BCUT2D eigenvalue weighted by atomic mass is 16.5.